The SMILES string of the molecule is CC1CCCC1C(=O)Cc1ncc[nH]1. The maximum atomic E-state index is 11.9. The molecule has 1 aliphatic carbocycles. The highest BCUT2D eigenvalue weighted by atomic mass is 16.1. The van der Waals surface area contributed by atoms with Crippen LogP contribution in [0.5, 0.6) is 0 Å². The van der Waals surface area contributed by atoms with Crippen molar-refractivity contribution >= 4 is 5.78 Å². The first-order valence-electron chi connectivity index (χ1n) is 5.28. The van der Waals surface area contributed by atoms with Crippen LogP contribution < -0.4 is 0 Å². The summed E-state index contributed by atoms with van der Waals surface area (Å²) in [6, 6.07) is 0. The van der Waals surface area contributed by atoms with Crippen molar-refractivity contribution < 1.29 is 4.79 Å². The number of carbonyl (C=O) groups is 1. The van der Waals surface area contributed by atoms with Crippen molar-refractivity contribution in [3.05, 3.63) is 18.2 Å². The molecule has 1 saturated carbocycles. The van der Waals surface area contributed by atoms with Crippen molar-refractivity contribution in [2.24, 2.45) is 11.8 Å². The zero-order chi connectivity index (χ0) is 9.97. The highest BCUT2D eigenvalue weighted by molar-refractivity contribution is 5.83. The van der Waals surface area contributed by atoms with E-state index >= 15 is 0 Å². The first-order valence-corrected chi connectivity index (χ1v) is 5.28. The minimum Gasteiger partial charge on any atom is -0.348 e. The predicted molar refractivity (Wildman–Crippen MR) is 53.8 cm³/mol. The second-order valence-electron chi connectivity index (χ2n) is 4.19. The Hall–Kier alpha value is -1.12. The molecule has 1 fully saturated rings. The molecule has 14 heavy (non-hydrogen) atoms. The van der Waals surface area contributed by atoms with Crippen LogP contribution in [-0.4, -0.2) is 15.8 Å². The van der Waals surface area contributed by atoms with Crippen molar-refractivity contribution in [3.8, 4) is 0 Å². The van der Waals surface area contributed by atoms with Gasteiger partial charge in [-0.05, 0) is 18.8 Å². The van der Waals surface area contributed by atoms with E-state index in [0.717, 1.165) is 12.2 Å². The lowest BCUT2D eigenvalue weighted by Crippen LogP contribution is -2.19. The molecule has 2 unspecified atom stereocenters. The van der Waals surface area contributed by atoms with E-state index in [9.17, 15) is 4.79 Å². The minimum atomic E-state index is 0.278. The van der Waals surface area contributed by atoms with Gasteiger partial charge >= 0.3 is 0 Å². The quantitative estimate of drug-likeness (QED) is 0.795. The van der Waals surface area contributed by atoms with Gasteiger partial charge in [-0.25, -0.2) is 4.98 Å². The van der Waals surface area contributed by atoms with Gasteiger partial charge in [0.1, 0.15) is 11.6 Å². The van der Waals surface area contributed by atoms with Gasteiger partial charge in [0.15, 0.2) is 0 Å². The zero-order valence-corrected chi connectivity index (χ0v) is 8.49. The molecule has 0 amide bonds. The summed E-state index contributed by atoms with van der Waals surface area (Å²) in [6.07, 6.45) is 7.41. The third-order valence-corrected chi connectivity index (χ3v) is 3.17. The molecule has 0 bridgehead atoms. The largest absolute Gasteiger partial charge is 0.348 e. The van der Waals surface area contributed by atoms with Crippen LogP contribution in [0.3, 0.4) is 0 Å². The van der Waals surface area contributed by atoms with Crippen LogP contribution in [0, 0.1) is 11.8 Å². The molecular formula is C11H16N2O. The van der Waals surface area contributed by atoms with E-state index in [1.165, 1.54) is 12.8 Å². The summed E-state index contributed by atoms with van der Waals surface area (Å²) in [7, 11) is 0. The van der Waals surface area contributed by atoms with E-state index in [1.54, 1.807) is 12.4 Å². The van der Waals surface area contributed by atoms with Gasteiger partial charge in [0.25, 0.3) is 0 Å². The van der Waals surface area contributed by atoms with Crippen molar-refractivity contribution in [1.82, 2.24) is 9.97 Å². The van der Waals surface area contributed by atoms with Crippen LogP contribution in [0.15, 0.2) is 12.4 Å². The van der Waals surface area contributed by atoms with E-state index in [-0.39, 0.29) is 5.92 Å². The molecule has 1 aromatic rings. The smallest absolute Gasteiger partial charge is 0.143 e. The van der Waals surface area contributed by atoms with Gasteiger partial charge < -0.3 is 4.98 Å². The Kier molecular flexibility index (Phi) is 2.66. The van der Waals surface area contributed by atoms with Crippen molar-refractivity contribution in [1.29, 1.82) is 0 Å². The van der Waals surface area contributed by atoms with Crippen molar-refractivity contribution in [2.45, 2.75) is 32.6 Å². The number of aromatic amines is 1. The number of carbonyl (C=O) groups excluding carboxylic acids is 1. The summed E-state index contributed by atoms with van der Waals surface area (Å²) in [5, 5.41) is 0. The zero-order valence-electron chi connectivity index (χ0n) is 8.49. The van der Waals surface area contributed by atoms with Gasteiger partial charge in [-0.1, -0.05) is 13.3 Å². The van der Waals surface area contributed by atoms with Gasteiger partial charge in [0.2, 0.25) is 0 Å². The Morgan fingerprint density at radius 3 is 3.07 bits per heavy atom. The summed E-state index contributed by atoms with van der Waals surface area (Å²) < 4.78 is 0. The van der Waals surface area contributed by atoms with E-state index in [4.69, 9.17) is 0 Å². The van der Waals surface area contributed by atoms with Crippen LogP contribution in [0.1, 0.15) is 32.0 Å². The first-order chi connectivity index (χ1) is 6.77. The average molecular weight is 192 g/mol. The van der Waals surface area contributed by atoms with Crippen molar-refractivity contribution in [3.63, 3.8) is 0 Å². The van der Waals surface area contributed by atoms with E-state index in [1.807, 2.05) is 0 Å². The Labute approximate surface area is 83.9 Å². The van der Waals surface area contributed by atoms with Crippen LogP contribution in [0.4, 0.5) is 0 Å². The summed E-state index contributed by atoms with van der Waals surface area (Å²) in [5.41, 5.74) is 0. The molecular weight excluding hydrogens is 176 g/mol. The Balaban J connectivity index is 1.95. The molecule has 0 aromatic carbocycles. The molecule has 1 aromatic heterocycles. The first kappa shape index (κ1) is 9.44. The summed E-state index contributed by atoms with van der Waals surface area (Å²) in [5.74, 6) is 2.00. The van der Waals surface area contributed by atoms with Gasteiger partial charge in [0, 0.05) is 18.3 Å². The number of hydrogen-bond acceptors (Lipinski definition) is 2. The number of Topliss-reactive ketones (excluding diaryl/α,β-unsaturated/α-hetero) is 1. The van der Waals surface area contributed by atoms with Crippen LogP contribution >= 0.6 is 0 Å². The maximum absolute atomic E-state index is 11.9. The lowest BCUT2D eigenvalue weighted by molar-refractivity contribution is -0.123. The molecule has 0 spiro atoms. The number of hydrogen-bond donors (Lipinski definition) is 1. The lowest BCUT2D eigenvalue weighted by Gasteiger charge is -2.12. The number of aromatic nitrogens is 2. The molecule has 1 N–H and O–H groups in total. The minimum absolute atomic E-state index is 0.278. The van der Waals surface area contributed by atoms with Gasteiger partial charge in [0.05, 0.1) is 6.42 Å². The average Bonchev–Trinajstić information content (AvgIpc) is 2.75. The lowest BCUT2D eigenvalue weighted by atomic mass is 9.92. The molecule has 3 nitrogen and oxygen atoms in total. The van der Waals surface area contributed by atoms with Crippen LogP contribution in [0.25, 0.3) is 0 Å². The van der Waals surface area contributed by atoms with Gasteiger partial charge in [-0.2, -0.15) is 0 Å². The van der Waals surface area contributed by atoms with Crippen LogP contribution in [0.2, 0.25) is 0 Å². The molecule has 1 aliphatic rings. The molecule has 76 valence electrons. The molecule has 0 aliphatic heterocycles. The van der Waals surface area contributed by atoms with E-state index in [2.05, 4.69) is 16.9 Å². The topological polar surface area (TPSA) is 45.8 Å². The Morgan fingerprint density at radius 2 is 2.50 bits per heavy atom. The van der Waals surface area contributed by atoms with Gasteiger partial charge in [-0.15, -0.1) is 0 Å². The number of ketones is 1. The molecule has 0 saturated heterocycles. The monoisotopic (exact) mass is 192 g/mol. The van der Waals surface area contributed by atoms with Crippen molar-refractivity contribution in [2.75, 3.05) is 0 Å². The second kappa shape index (κ2) is 3.95. The summed E-state index contributed by atoms with van der Waals surface area (Å²) >= 11 is 0. The number of H-pyrrole nitrogens is 1. The third-order valence-electron chi connectivity index (χ3n) is 3.17. The molecule has 3 heteroatoms. The molecule has 2 rings (SSSR count). The fourth-order valence-electron chi connectivity index (χ4n) is 2.31. The highest BCUT2D eigenvalue weighted by Crippen LogP contribution is 2.32. The Bertz CT molecular complexity index is 305. The van der Waals surface area contributed by atoms with Gasteiger partial charge in [-0.3, -0.25) is 4.79 Å². The summed E-state index contributed by atoms with van der Waals surface area (Å²) in [4.78, 5) is 18.9. The molecule has 2 atom stereocenters. The Morgan fingerprint density at radius 1 is 1.64 bits per heavy atom. The summed E-state index contributed by atoms with van der Waals surface area (Å²) in [6.45, 7) is 2.18. The number of nitrogens with one attached hydrogen (secondary N) is 1. The number of nitrogens with zero attached hydrogens (tertiary/aromatic N) is 1. The molecule has 0 radical (unpaired) electrons. The number of imidazole rings is 1. The normalized spacial score (nSPS) is 26.6. The highest BCUT2D eigenvalue weighted by Gasteiger charge is 2.29. The van der Waals surface area contributed by atoms with E-state index in [0.29, 0.717) is 18.1 Å². The second-order valence-corrected chi connectivity index (χ2v) is 4.19. The number of rotatable bonds is 3. The van der Waals surface area contributed by atoms with E-state index < -0.39 is 0 Å². The predicted octanol–water partition coefficient (Wildman–Crippen LogP) is 1.96. The maximum Gasteiger partial charge on any atom is 0.143 e. The fourth-order valence-corrected chi connectivity index (χ4v) is 2.31. The van der Waals surface area contributed by atoms with Crippen LogP contribution in [-0.2, 0) is 11.2 Å². The standard InChI is InChI=1S/C11H16N2O/c1-8-3-2-4-9(8)10(14)7-11-12-5-6-13-11/h5-6,8-9H,2-4,7H2,1H3,(H,12,13). The molecule has 1 heterocycles. The third kappa shape index (κ3) is 1.86. The fraction of sp³-hybridized carbons (Fsp3) is 0.636.